The van der Waals surface area contributed by atoms with E-state index in [9.17, 15) is 18.0 Å². The summed E-state index contributed by atoms with van der Waals surface area (Å²) in [7, 11) is -3.60. The number of nitrogens with one attached hydrogen (secondary N) is 1. The second-order valence-corrected chi connectivity index (χ2v) is 9.35. The van der Waals surface area contributed by atoms with Crippen LogP contribution in [0.2, 0.25) is 5.02 Å². The van der Waals surface area contributed by atoms with Crippen LogP contribution < -0.4 is 0 Å². The van der Waals surface area contributed by atoms with Gasteiger partial charge in [-0.05, 0) is 18.2 Å². The predicted octanol–water partition coefficient (Wildman–Crippen LogP) is 2.51. The van der Waals surface area contributed by atoms with Crippen LogP contribution in [-0.2, 0) is 19.6 Å². The van der Waals surface area contributed by atoms with E-state index in [1.165, 1.54) is 9.21 Å². The molecule has 1 aliphatic rings. The molecule has 8 nitrogen and oxygen atoms in total. The van der Waals surface area contributed by atoms with Crippen molar-refractivity contribution in [2.75, 3.05) is 32.8 Å². The second kappa shape index (κ2) is 8.70. The normalized spacial score (nSPS) is 15.2. The van der Waals surface area contributed by atoms with Crippen LogP contribution in [0.25, 0.3) is 10.9 Å². The molecule has 2 heterocycles. The van der Waals surface area contributed by atoms with Crippen LogP contribution in [0.5, 0.6) is 0 Å². The first-order chi connectivity index (χ1) is 14.9. The van der Waals surface area contributed by atoms with Gasteiger partial charge in [0.15, 0.2) is 6.61 Å². The number of ether oxygens (including phenoxy) is 1. The molecule has 1 aliphatic heterocycles. The van der Waals surface area contributed by atoms with Gasteiger partial charge in [0.1, 0.15) is 5.69 Å². The molecule has 1 saturated heterocycles. The van der Waals surface area contributed by atoms with Gasteiger partial charge in [0, 0.05) is 37.1 Å². The molecule has 0 atom stereocenters. The number of hydrogen-bond donors (Lipinski definition) is 1. The first kappa shape index (κ1) is 21.4. The Bertz CT molecular complexity index is 1220. The number of sulfonamides is 1. The fourth-order valence-corrected chi connectivity index (χ4v) is 5.19. The van der Waals surface area contributed by atoms with Crippen molar-refractivity contribution in [1.29, 1.82) is 0 Å². The van der Waals surface area contributed by atoms with Gasteiger partial charge in [-0.25, -0.2) is 13.2 Å². The Morgan fingerprint density at radius 2 is 1.61 bits per heavy atom. The van der Waals surface area contributed by atoms with Crippen LogP contribution >= 0.6 is 11.6 Å². The predicted molar refractivity (Wildman–Crippen MR) is 115 cm³/mol. The van der Waals surface area contributed by atoms with Gasteiger partial charge in [-0.3, -0.25) is 4.79 Å². The minimum Gasteiger partial charge on any atom is -0.451 e. The van der Waals surface area contributed by atoms with E-state index in [1.807, 2.05) is 6.07 Å². The Morgan fingerprint density at radius 1 is 0.968 bits per heavy atom. The van der Waals surface area contributed by atoms with E-state index in [0.717, 1.165) is 0 Å². The maximum absolute atomic E-state index is 12.7. The molecule has 1 N–H and O–H groups in total. The number of benzene rings is 2. The van der Waals surface area contributed by atoms with Crippen molar-refractivity contribution in [2.45, 2.75) is 4.90 Å². The number of piperazine rings is 1. The Morgan fingerprint density at radius 3 is 2.29 bits per heavy atom. The van der Waals surface area contributed by atoms with Gasteiger partial charge in [-0.15, -0.1) is 0 Å². The second-order valence-electron chi connectivity index (χ2n) is 7.03. The number of halogens is 1. The molecule has 1 aromatic heterocycles. The van der Waals surface area contributed by atoms with Gasteiger partial charge in [0.2, 0.25) is 10.0 Å². The standard InChI is InChI=1S/C21H20ClN3O5S/c22-19-16-8-4-5-9-17(16)23-20(19)21(27)30-14-18(26)24-10-12-25(13-11-24)31(28,29)15-6-2-1-3-7-15/h1-9,23H,10-14H2. The summed E-state index contributed by atoms with van der Waals surface area (Å²) in [6.45, 7) is 0.330. The van der Waals surface area contributed by atoms with Crippen molar-refractivity contribution >= 4 is 44.4 Å². The fraction of sp³-hybridized carbons (Fsp3) is 0.238. The van der Waals surface area contributed by atoms with E-state index in [2.05, 4.69) is 4.98 Å². The molecule has 10 heteroatoms. The monoisotopic (exact) mass is 461 g/mol. The maximum Gasteiger partial charge on any atom is 0.356 e. The van der Waals surface area contributed by atoms with Crippen molar-refractivity contribution < 1.29 is 22.7 Å². The number of aromatic amines is 1. The van der Waals surface area contributed by atoms with Crippen LogP contribution in [0.3, 0.4) is 0 Å². The number of fused-ring (bicyclic) bond motifs is 1. The lowest BCUT2D eigenvalue weighted by atomic mass is 10.2. The topological polar surface area (TPSA) is 99.8 Å². The number of esters is 1. The molecular formula is C21H20ClN3O5S. The van der Waals surface area contributed by atoms with E-state index in [4.69, 9.17) is 16.3 Å². The number of hydrogen-bond acceptors (Lipinski definition) is 5. The Balaban J connectivity index is 1.33. The molecule has 2 aromatic carbocycles. The Kier molecular flexibility index (Phi) is 5.99. The van der Waals surface area contributed by atoms with Gasteiger partial charge >= 0.3 is 5.97 Å². The van der Waals surface area contributed by atoms with Crippen LogP contribution in [0, 0.1) is 0 Å². The number of rotatable bonds is 5. The first-order valence-corrected chi connectivity index (χ1v) is 11.5. The number of carbonyl (C=O) groups is 2. The van der Waals surface area contributed by atoms with Crippen molar-refractivity contribution in [3.05, 3.63) is 65.3 Å². The molecule has 0 radical (unpaired) electrons. The zero-order valence-corrected chi connectivity index (χ0v) is 18.0. The number of amides is 1. The van der Waals surface area contributed by atoms with E-state index >= 15 is 0 Å². The first-order valence-electron chi connectivity index (χ1n) is 9.64. The van der Waals surface area contributed by atoms with Gasteiger partial charge in [-0.1, -0.05) is 48.0 Å². The van der Waals surface area contributed by atoms with Crippen molar-refractivity contribution in [2.24, 2.45) is 0 Å². The van der Waals surface area contributed by atoms with E-state index in [1.54, 1.807) is 48.5 Å². The van der Waals surface area contributed by atoms with Gasteiger partial charge in [0.25, 0.3) is 5.91 Å². The summed E-state index contributed by atoms with van der Waals surface area (Å²) in [4.78, 5) is 29.4. The van der Waals surface area contributed by atoms with E-state index in [0.29, 0.717) is 10.9 Å². The third-order valence-corrected chi connectivity index (χ3v) is 7.45. The van der Waals surface area contributed by atoms with Crippen molar-refractivity contribution in [3.8, 4) is 0 Å². The molecule has 3 aromatic rings. The lowest BCUT2D eigenvalue weighted by Gasteiger charge is -2.33. The third kappa shape index (κ3) is 4.30. The van der Waals surface area contributed by atoms with Crippen LogP contribution in [0.4, 0.5) is 0 Å². The minimum absolute atomic E-state index is 0.0921. The Labute approximate surface area is 184 Å². The van der Waals surface area contributed by atoms with Crippen LogP contribution in [0.15, 0.2) is 59.5 Å². The molecular weight excluding hydrogens is 442 g/mol. The van der Waals surface area contributed by atoms with Crippen LogP contribution in [-0.4, -0.2) is 67.3 Å². The molecule has 0 saturated carbocycles. The number of H-pyrrole nitrogens is 1. The number of aromatic nitrogens is 1. The molecule has 0 aliphatic carbocycles. The van der Waals surface area contributed by atoms with Crippen LogP contribution in [0.1, 0.15) is 10.5 Å². The van der Waals surface area contributed by atoms with Gasteiger partial charge < -0.3 is 14.6 Å². The maximum atomic E-state index is 12.7. The third-order valence-electron chi connectivity index (χ3n) is 5.15. The molecule has 4 rings (SSSR count). The smallest absolute Gasteiger partial charge is 0.356 e. The average Bonchev–Trinajstić information content (AvgIpc) is 3.14. The van der Waals surface area contributed by atoms with E-state index in [-0.39, 0.29) is 41.8 Å². The largest absolute Gasteiger partial charge is 0.451 e. The number of nitrogens with zero attached hydrogens (tertiary/aromatic N) is 2. The molecule has 162 valence electrons. The summed E-state index contributed by atoms with van der Waals surface area (Å²) < 4.78 is 31.8. The summed E-state index contributed by atoms with van der Waals surface area (Å²) in [5.74, 6) is -1.11. The lowest BCUT2D eigenvalue weighted by Crippen LogP contribution is -2.51. The molecule has 1 amide bonds. The fourth-order valence-electron chi connectivity index (χ4n) is 3.46. The summed E-state index contributed by atoms with van der Waals surface area (Å²) in [6, 6.07) is 15.3. The highest BCUT2D eigenvalue weighted by molar-refractivity contribution is 7.89. The number of para-hydroxylation sites is 1. The quantitative estimate of drug-likeness (QED) is 0.588. The summed E-state index contributed by atoms with van der Waals surface area (Å²) >= 11 is 6.24. The minimum atomic E-state index is -3.60. The molecule has 1 fully saturated rings. The number of carbonyl (C=O) groups excluding carboxylic acids is 2. The summed E-state index contributed by atoms with van der Waals surface area (Å²) in [6.07, 6.45) is 0. The molecule has 0 spiro atoms. The average molecular weight is 462 g/mol. The highest BCUT2D eigenvalue weighted by atomic mass is 35.5. The summed E-state index contributed by atoms with van der Waals surface area (Å²) in [5, 5.41) is 0.936. The zero-order chi connectivity index (χ0) is 22.0. The van der Waals surface area contributed by atoms with Gasteiger partial charge in [0.05, 0.1) is 9.92 Å². The van der Waals surface area contributed by atoms with Gasteiger partial charge in [-0.2, -0.15) is 4.31 Å². The highest BCUT2D eigenvalue weighted by Gasteiger charge is 2.30. The van der Waals surface area contributed by atoms with E-state index < -0.39 is 28.5 Å². The summed E-state index contributed by atoms with van der Waals surface area (Å²) in [5.41, 5.74) is 0.788. The van der Waals surface area contributed by atoms with Crippen molar-refractivity contribution in [1.82, 2.24) is 14.2 Å². The SMILES string of the molecule is O=C(OCC(=O)N1CCN(S(=O)(=O)c2ccccc2)CC1)c1[nH]c2ccccc2c1Cl. The highest BCUT2D eigenvalue weighted by Crippen LogP contribution is 2.27. The zero-order valence-electron chi connectivity index (χ0n) is 16.5. The lowest BCUT2D eigenvalue weighted by molar-refractivity contribution is -0.135. The molecule has 31 heavy (non-hydrogen) atoms. The Hall–Kier alpha value is -2.88. The molecule has 0 unspecified atom stereocenters. The molecule has 0 bridgehead atoms. The van der Waals surface area contributed by atoms with Crippen molar-refractivity contribution in [3.63, 3.8) is 0 Å².